The van der Waals surface area contributed by atoms with Gasteiger partial charge in [-0.05, 0) is 12.8 Å². The van der Waals surface area contributed by atoms with E-state index in [0.717, 1.165) is 37.2 Å². The smallest absolute Gasteiger partial charge is 0.125 e. The van der Waals surface area contributed by atoms with Gasteiger partial charge in [0.05, 0.1) is 5.01 Å². The summed E-state index contributed by atoms with van der Waals surface area (Å²) in [5.74, 6) is 0.550. The first-order chi connectivity index (χ1) is 6.90. The summed E-state index contributed by atoms with van der Waals surface area (Å²) in [6.45, 7) is 1.68. The van der Waals surface area contributed by atoms with Crippen molar-refractivity contribution >= 4 is 17.6 Å². The predicted octanol–water partition coefficient (Wildman–Crippen LogP) is 1.78. The molecule has 1 fully saturated rings. The van der Waals surface area contributed by atoms with E-state index in [9.17, 15) is 4.79 Å². The number of aldehydes is 1. The highest BCUT2D eigenvalue weighted by atomic mass is 32.1. The number of thiazole rings is 1. The molecule has 3 nitrogen and oxygen atoms in total. The summed E-state index contributed by atoms with van der Waals surface area (Å²) in [7, 11) is 0. The summed E-state index contributed by atoms with van der Waals surface area (Å²) in [6, 6.07) is 0. The number of ether oxygens (including phenoxy) is 1. The molecule has 0 unspecified atom stereocenters. The van der Waals surface area contributed by atoms with Crippen LogP contribution in [0.15, 0.2) is 6.20 Å². The van der Waals surface area contributed by atoms with E-state index >= 15 is 0 Å². The molecule has 0 aromatic carbocycles. The zero-order chi connectivity index (χ0) is 9.80. The average Bonchev–Trinajstić information content (AvgIpc) is 2.68. The Bertz CT molecular complexity index is 305. The lowest BCUT2D eigenvalue weighted by Gasteiger charge is -2.19. The summed E-state index contributed by atoms with van der Waals surface area (Å²) in [6.07, 6.45) is 5.38. The molecular formula is C10H13NO2S. The molecule has 1 aromatic heterocycles. The van der Waals surface area contributed by atoms with E-state index < -0.39 is 0 Å². The lowest BCUT2D eigenvalue weighted by molar-refractivity contribution is -0.107. The fraction of sp³-hybridized carbons (Fsp3) is 0.600. The molecule has 2 heterocycles. The molecule has 0 N–H and O–H groups in total. The molecule has 0 atom stereocenters. The molecule has 0 radical (unpaired) electrons. The maximum absolute atomic E-state index is 10.3. The molecular weight excluding hydrogens is 198 g/mol. The van der Waals surface area contributed by atoms with Gasteiger partial charge in [-0.15, -0.1) is 11.3 Å². The molecule has 4 heteroatoms. The van der Waals surface area contributed by atoms with Crippen LogP contribution in [-0.2, 0) is 16.0 Å². The van der Waals surface area contributed by atoms with Crippen molar-refractivity contribution in [2.45, 2.75) is 25.2 Å². The van der Waals surface area contributed by atoms with E-state index in [-0.39, 0.29) is 0 Å². The zero-order valence-electron chi connectivity index (χ0n) is 7.94. The zero-order valence-corrected chi connectivity index (χ0v) is 8.76. The molecule has 0 amide bonds. The lowest BCUT2D eigenvalue weighted by Crippen LogP contribution is -2.13. The minimum absolute atomic E-state index is 0.501. The van der Waals surface area contributed by atoms with Crippen LogP contribution in [0.25, 0.3) is 0 Å². The van der Waals surface area contributed by atoms with Gasteiger partial charge in [0.2, 0.25) is 0 Å². The third-order valence-corrected chi connectivity index (χ3v) is 3.61. The Balaban J connectivity index is 2.03. The summed E-state index contributed by atoms with van der Waals surface area (Å²) in [5.41, 5.74) is 0. The molecule has 1 aromatic rings. The Kier molecular flexibility index (Phi) is 3.26. The molecule has 1 aliphatic rings. The monoisotopic (exact) mass is 211 g/mol. The average molecular weight is 211 g/mol. The van der Waals surface area contributed by atoms with Crippen LogP contribution in [0.2, 0.25) is 0 Å². The van der Waals surface area contributed by atoms with Crippen LogP contribution in [0.3, 0.4) is 0 Å². The second-order valence-electron chi connectivity index (χ2n) is 3.42. The predicted molar refractivity (Wildman–Crippen MR) is 54.7 cm³/mol. The van der Waals surface area contributed by atoms with Crippen molar-refractivity contribution in [1.82, 2.24) is 4.98 Å². The molecule has 0 bridgehead atoms. The molecule has 1 aliphatic heterocycles. The van der Waals surface area contributed by atoms with Crippen LogP contribution in [0.4, 0.5) is 0 Å². The van der Waals surface area contributed by atoms with Gasteiger partial charge in [0.15, 0.2) is 0 Å². The van der Waals surface area contributed by atoms with Crippen LogP contribution in [0, 0.1) is 0 Å². The van der Waals surface area contributed by atoms with Crippen molar-refractivity contribution in [3.05, 3.63) is 16.1 Å². The fourth-order valence-electron chi connectivity index (χ4n) is 1.63. The summed E-state index contributed by atoms with van der Waals surface area (Å²) >= 11 is 1.67. The second kappa shape index (κ2) is 4.66. The summed E-state index contributed by atoms with van der Waals surface area (Å²) in [4.78, 5) is 15.8. The molecule has 0 aliphatic carbocycles. The highest BCUT2D eigenvalue weighted by molar-refractivity contribution is 7.11. The van der Waals surface area contributed by atoms with Crippen molar-refractivity contribution in [2.75, 3.05) is 13.2 Å². The summed E-state index contributed by atoms with van der Waals surface area (Å²) < 4.78 is 5.30. The van der Waals surface area contributed by atoms with Crippen molar-refractivity contribution in [2.24, 2.45) is 0 Å². The highest BCUT2D eigenvalue weighted by Gasteiger charge is 2.18. The SMILES string of the molecule is O=CCc1cnc(C2CCOCC2)s1. The first-order valence-corrected chi connectivity index (χ1v) is 5.68. The van der Waals surface area contributed by atoms with Gasteiger partial charge in [-0.1, -0.05) is 0 Å². The Hall–Kier alpha value is -0.740. The third kappa shape index (κ3) is 2.19. The lowest BCUT2D eigenvalue weighted by atomic mass is 10.0. The highest BCUT2D eigenvalue weighted by Crippen LogP contribution is 2.29. The minimum atomic E-state index is 0.501. The van der Waals surface area contributed by atoms with E-state index in [1.807, 2.05) is 6.20 Å². The maximum atomic E-state index is 10.3. The number of rotatable bonds is 3. The topological polar surface area (TPSA) is 39.2 Å². The largest absolute Gasteiger partial charge is 0.381 e. The molecule has 0 spiro atoms. The Labute approximate surface area is 87.1 Å². The van der Waals surface area contributed by atoms with Crippen LogP contribution in [-0.4, -0.2) is 24.5 Å². The first kappa shape index (κ1) is 9.80. The van der Waals surface area contributed by atoms with Gasteiger partial charge in [-0.25, -0.2) is 4.98 Å². The van der Waals surface area contributed by atoms with Gasteiger partial charge in [-0.2, -0.15) is 0 Å². The van der Waals surface area contributed by atoms with Crippen LogP contribution in [0.1, 0.15) is 28.6 Å². The van der Waals surface area contributed by atoms with E-state index in [1.165, 1.54) is 5.01 Å². The number of hydrogen-bond donors (Lipinski definition) is 0. The van der Waals surface area contributed by atoms with E-state index in [2.05, 4.69) is 4.98 Å². The number of carbonyl (C=O) groups excluding carboxylic acids is 1. The van der Waals surface area contributed by atoms with Crippen LogP contribution in [0.5, 0.6) is 0 Å². The van der Waals surface area contributed by atoms with E-state index in [0.29, 0.717) is 12.3 Å². The van der Waals surface area contributed by atoms with Gasteiger partial charge >= 0.3 is 0 Å². The van der Waals surface area contributed by atoms with Gasteiger partial charge in [0, 0.05) is 36.6 Å². The summed E-state index contributed by atoms with van der Waals surface area (Å²) in [5, 5.41) is 1.17. The second-order valence-corrected chi connectivity index (χ2v) is 4.57. The number of nitrogens with zero attached hydrogens (tertiary/aromatic N) is 1. The normalized spacial score (nSPS) is 18.3. The fourth-order valence-corrected chi connectivity index (χ4v) is 2.67. The molecule has 76 valence electrons. The van der Waals surface area contributed by atoms with E-state index in [4.69, 9.17) is 4.74 Å². The maximum Gasteiger partial charge on any atom is 0.125 e. The number of carbonyl (C=O) groups is 1. The van der Waals surface area contributed by atoms with Crippen LogP contribution < -0.4 is 0 Å². The quantitative estimate of drug-likeness (QED) is 0.715. The Morgan fingerprint density at radius 3 is 3.07 bits per heavy atom. The van der Waals surface area contributed by atoms with Crippen molar-refractivity contribution in [3.63, 3.8) is 0 Å². The number of hydrogen-bond acceptors (Lipinski definition) is 4. The standard InChI is InChI=1S/C10H13NO2S/c12-4-1-9-7-11-10(14-9)8-2-5-13-6-3-8/h4,7-8H,1-3,5-6H2. The number of aromatic nitrogens is 1. The van der Waals surface area contributed by atoms with Crippen molar-refractivity contribution < 1.29 is 9.53 Å². The Morgan fingerprint density at radius 1 is 1.57 bits per heavy atom. The van der Waals surface area contributed by atoms with Crippen LogP contribution >= 0.6 is 11.3 Å². The minimum Gasteiger partial charge on any atom is -0.381 e. The van der Waals surface area contributed by atoms with Gasteiger partial charge < -0.3 is 9.53 Å². The van der Waals surface area contributed by atoms with Crippen molar-refractivity contribution in [1.29, 1.82) is 0 Å². The molecule has 14 heavy (non-hydrogen) atoms. The van der Waals surface area contributed by atoms with Gasteiger partial charge in [0.25, 0.3) is 0 Å². The Morgan fingerprint density at radius 2 is 2.36 bits per heavy atom. The molecule has 1 saturated heterocycles. The van der Waals surface area contributed by atoms with E-state index in [1.54, 1.807) is 11.3 Å². The first-order valence-electron chi connectivity index (χ1n) is 4.86. The third-order valence-electron chi connectivity index (χ3n) is 2.43. The molecule has 2 rings (SSSR count). The van der Waals surface area contributed by atoms with Crippen molar-refractivity contribution in [3.8, 4) is 0 Å². The molecule has 0 saturated carbocycles. The van der Waals surface area contributed by atoms with Gasteiger partial charge in [-0.3, -0.25) is 0 Å². The van der Waals surface area contributed by atoms with Gasteiger partial charge in [0.1, 0.15) is 6.29 Å².